The molecule has 1 aliphatic carbocycles. The van der Waals surface area contributed by atoms with Gasteiger partial charge in [-0.2, -0.15) is 5.26 Å². The van der Waals surface area contributed by atoms with Crippen molar-refractivity contribution in [1.82, 2.24) is 5.32 Å². The first-order chi connectivity index (χ1) is 12.7. The molecule has 2 aromatic carbocycles. The van der Waals surface area contributed by atoms with Crippen molar-refractivity contribution in [1.29, 1.82) is 5.26 Å². The number of carbonyl (C=O) groups is 1. The number of nitrogens with one attached hydrogen (secondary N) is 1. The second-order valence-electron chi connectivity index (χ2n) is 7.35. The summed E-state index contributed by atoms with van der Waals surface area (Å²) in [6.45, 7) is 2.45. The summed E-state index contributed by atoms with van der Waals surface area (Å²) in [5.41, 5.74) is 4.32. The summed E-state index contributed by atoms with van der Waals surface area (Å²) >= 11 is 0. The fraction of sp³-hybridized carbons (Fsp3) is 0.364. The highest BCUT2D eigenvalue weighted by Crippen LogP contribution is 2.40. The highest BCUT2D eigenvalue weighted by Gasteiger charge is 2.44. The van der Waals surface area contributed by atoms with Gasteiger partial charge in [0.15, 0.2) is 0 Å². The molecule has 0 bridgehead atoms. The molecule has 1 amide bonds. The molecule has 4 rings (SSSR count). The Labute approximate surface area is 154 Å². The van der Waals surface area contributed by atoms with E-state index in [4.69, 9.17) is 0 Å². The third kappa shape index (κ3) is 3.06. The van der Waals surface area contributed by atoms with E-state index in [-0.39, 0.29) is 5.91 Å². The van der Waals surface area contributed by atoms with Crippen LogP contribution in [0.3, 0.4) is 0 Å². The Morgan fingerprint density at radius 3 is 2.54 bits per heavy atom. The monoisotopic (exact) mass is 345 g/mol. The number of nitrogens with zero attached hydrogens (tertiary/aromatic N) is 2. The maximum atomic E-state index is 12.2. The molecule has 26 heavy (non-hydrogen) atoms. The van der Waals surface area contributed by atoms with E-state index in [0.29, 0.717) is 19.4 Å². The predicted octanol–water partition coefficient (Wildman–Crippen LogP) is 3.56. The maximum Gasteiger partial charge on any atom is 0.240 e. The second kappa shape index (κ2) is 6.84. The lowest BCUT2D eigenvalue weighted by atomic mass is 9.69. The van der Waals surface area contributed by atoms with Crippen LogP contribution >= 0.6 is 0 Å². The summed E-state index contributed by atoms with van der Waals surface area (Å²) in [6.07, 6.45) is 3.45. The third-order valence-electron chi connectivity index (χ3n) is 5.69. The highest BCUT2D eigenvalue weighted by molar-refractivity contribution is 5.86. The van der Waals surface area contributed by atoms with Crippen LogP contribution in [0.2, 0.25) is 0 Å². The van der Waals surface area contributed by atoms with Crippen molar-refractivity contribution in [3.05, 3.63) is 65.2 Å². The lowest BCUT2D eigenvalue weighted by Crippen LogP contribution is -2.44. The maximum absolute atomic E-state index is 12.2. The van der Waals surface area contributed by atoms with Crippen LogP contribution < -0.4 is 10.2 Å². The Kier molecular flexibility index (Phi) is 4.38. The van der Waals surface area contributed by atoms with E-state index in [0.717, 1.165) is 31.5 Å². The fourth-order valence-electron chi connectivity index (χ4n) is 3.83. The van der Waals surface area contributed by atoms with Gasteiger partial charge in [0, 0.05) is 25.3 Å². The number of rotatable bonds is 5. The summed E-state index contributed by atoms with van der Waals surface area (Å²) in [6, 6.07) is 19.2. The smallest absolute Gasteiger partial charge is 0.240 e. The molecule has 2 aromatic rings. The third-order valence-corrected chi connectivity index (χ3v) is 5.69. The molecule has 1 N–H and O–H groups in total. The Balaban J connectivity index is 1.34. The molecule has 1 aliphatic heterocycles. The molecule has 1 saturated carbocycles. The van der Waals surface area contributed by atoms with Gasteiger partial charge in [-0.1, -0.05) is 42.5 Å². The largest absolute Gasteiger partial charge is 0.367 e. The summed E-state index contributed by atoms with van der Waals surface area (Å²) in [5, 5.41) is 12.2. The van der Waals surface area contributed by atoms with E-state index >= 15 is 0 Å². The van der Waals surface area contributed by atoms with Crippen LogP contribution in [-0.2, 0) is 24.3 Å². The summed E-state index contributed by atoms with van der Waals surface area (Å²) in [4.78, 5) is 14.6. The van der Waals surface area contributed by atoms with Crippen LogP contribution in [0.25, 0.3) is 0 Å². The number of nitriles is 1. The van der Waals surface area contributed by atoms with Crippen LogP contribution in [0, 0.1) is 16.7 Å². The highest BCUT2D eigenvalue weighted by atomic mass is 16.2. The number of para-hydroxylation sites is 1. The van der Waals surface area contributed by atoms with Crippen molar-refractivity contribution in [2.24, 2.45) is 5.41 Å². The first kappa shape index (κ1) is 16.7. The lowest BCUT2D eigenvalue weighted by molar-refractivity contribution is -0.131. The van der Waals surface area contributed by atoms with Gasteiger partial charge in [-0.05, 0) is 48.4 Å². The quantitative estimate of drug-likeness (QED) is 0.901. The minimum atomic E-state index is -0.775. The molecule has 0 aromatic heterocycles. The zero-order valence-corrected chi connectivity index (χ0v) is 14.9. The number of amides is 1. The van der Waals surface area contributed by atoms with E-state index in [1.807, 2.05) is 0 Å². The van der Waals surface area contributed by atoms with Crippen molar-refractivity contribution in [2.75, 3.05) is 11.4 Å². The molecule has 0 saturated heterocycles. The van der Waals surface area contributed by atoms with Gasteiger partial charge in [0.1, 0.15) is 5.41 Å². The molecular weight excluding hydrogens is 322 g/mol. The number of anilines is 1. The number of hydrogen-bond acceptors (Lipinski definition) is 3. The van der Waals surface area contributed by atoms with Crippen LogP contribution in [0.4, 0.5) is 5.69 Å². The zero-order chi connectivity index (χ0) is 18.0. The molecular formula is C22H23N3O. The molecule has 1 heterocycles. The Bertz CT molecular complexity index is 846. The van der Waals surface area contributed by atoms with Gasteiger partial charge in [0.05, 0.1) is 6.07 Å². The first-order valence-electron chi connectivity index (χ1n) is 9.30. The van der Waals surface area contributed by atoms with E-state index in [9.17, 15) is 10.1 Å². The molecule has 0 atom stereocenters. The van der Waals surface area contributed by atoms with Crippen molar-refractivity contribution < 1.29 is 4.79 Å². The molecule has 132 valence electrons. The summed E-state index contributed by atoms with van der Waals surface area (Å²) < 4.78 is 0. The standard InChI is InChI=1S/C22H23N3O/c23-16-22(11-3-12-22)21(26)24-14-17-6-8-18(9-7-17)15-25-13-10-19-4-1-2-5-20(19)25/h1-2,4-9H,3,10-15H2,(H,24,26). The van der Waals surface area contributed by atoms with E-state index in [2.05, 4.69) is 64.8 Å². The first-order valence-corrected chi connectivity index (χ1v) is 9.30. The average molecular weight is 345 g/mol. The molecule has 0 radical (unpaired) electrons. The van der Waals surface area contributed by atoms with Crippen LogP contribution in [-0.4, -0.2) is 12.5 Å². The van der Waals surface area contributed by atoms with Crippen molar-refractivity contribution in [3.63, 3.8) is 0 Å². The SMILES string of the molecule is N#CC1(C(=O)NCc2ccc(CN3CCc4ccccc43)cc2)CCC1. The molecule has 0 unspecified atom stereocenters. The van der Waals surface area contributed by atoms with Crippen LogP contribution in [0.1, 0.15) is 36.0 Å². The number of hydrogen-bond donors (Lipinski definition) is 1. The Hall–Kier alpha value is -2.80. The number of carbonyl (C=O) groups excluding carboxylic acids is 1. The van der Waals surface area contributed by atoms with E-state index < -0.39 is 5.41 Å². The molecule has 4 heteroatoms. The van der Waals surface area contributed by atoms with Gasteiger partial charge in [-0.25, -0.2) is 0 Å². The normalized spacial score (nSPS) is 17.1. The van der Waals surface area contributed by atoms with Gasteiger partial charge < -0.3 is 10.2 Å². The summed E-state index contributed by atoms with van der Waals surface area (Å²) in [5.74, 6) is -0.121. The Morgan fingerprint density at radius 2 is 1.85 bits per heavy atom. The topological polar surface area (TPSA) is 56.1 Å². The van der Waals surface area contributed by atoms with Crippen molar-refractivity contribution in [2.45, 2.75) is 38.8 Å². The lowest BCUT2D eigenvalue weighted by Gasteiger charge is -2.33. The zero-order valence-electron chi connectivity index (χ0n) is 14.9. The van der Waals surface area contributed by atoms with E-state index in [1.165, 1.54) is 16.8 Å². The summed E-state index contributed by atoms with van der Waals surface area (Å²) in [7, 11) is 0. The van der Waals surface area contributed by atoms with Gasteiger partial charge in [-0.15, -0.1) is 0 Å². The minimum Gasteiger partial charge on any atom is -0.367 e. The molecule has 2 aliphatic rings. The van der Waals surface area contributed by atoms with Gasteiger partial charge in [0.25, 0.3) is 0 Å². The van der Waals surface area contributed by atoms with Crippen molar-refractivity contribution in [3.8, 4) is 6.07 Å². The second-order valence-corrected chi connectivity index (χ2v) is 7.35. The van der Waals surface area contributed by atoms with Gasteiger partial charge >= 0.3 is 0 Å². The van der Waals surface area contributed by atoms with E-state index in [1.54, 1.807) is 0 Å². The molecule has 0 spiro atoms. The van der Waals surface area contributed by atoms with Crippen LogP contribution in [0.15, 0.2) is 48.5 Å². The molecule has 4 nitrogen and oxygen atoms in total. The number of fused-ring (bicyclic) bond motifs is 1. The van der Waals surface area contributed by atoms with Crippen molar-refractivity contribution >= 4 is 11.6 Å². The average Bonchev–Trinajstić information content (AvgIpc) is 3.04. The minimum absolute atomic E-state index is 0.121. The fourth-order valence-corrected chi connectivity index (χ4v) is 3.83. The predicted molar refractivity (Wildman–Crippen MR) is 101 cm³/mol. The van der Waals surface area contributed by atoms with Gasteiger partial charge in [-0.3, -0.25) is 4.79 Å². The molecule has 1 fully saturated rings. The number of benzene rings is 2. The van der Waals surface area contributed by atoms with Crippen LogP contribution in [0.5, 0.6) is 0 Å². The van der Waals surface area contributed by atoms with Gasteiger partial charge in [0.2, 0.25) is 5.91 Å². The Morgan fingerprint density at radius 1 is 1.12 bits per heavy atom.